The first-order chi connectivity index (χ1) is 19.1. The number of rotatable bonds is 8. The highest BCUT2D eigenvalue weighted by Crippen LogP contribution is 2.27. The second-order valence-corrected chi connectivity index (χ2v) is 11.4. The SMILES string of the molecule is CC(C)(C)OC(=O)N[C@@H](Cc1ccccc1)C(=O)N1CCC[C@H]1C(=O)N1CCC[C@H]1C(=O)OCc1ccccc1. The van der Waals surface area contributed by atoms with E-state index < -0.39 is 35.8 Å². The van der Waals surface area contributed by atoms with Crippen LogP contribution in [-0.4, -0.2) is 70.5 Å². The monoisotopic (exact) mass is 549 g/mol. The van der Waals surface area contributed by atoms with Crippen LogP contribution in [0.25, 0.3) is 0 Å². The van der Waals surface area contributed by atoms with Gasteiger partial charge in [-0.1, -0.05) is 60.7 Å². The highest BCUT2D eigenvalue weighted by atomic mass is 16.6. The zero-order chi connectivity index (χ0) is 28.7. The summed E-state index contributed by atoms with van der Waals surface area (Å²) < 4.78 is 11.0. The zero-order valence-electron chi connectivity index (χ0n) is 23.5. The molecule has 2 aromatic rings. The Kier molecular flexibility index (Phi) is 9.45. The van der Waals surface area contributed by atoms with E-state index in [0.717, 1.165) is 11.1 Å². The molecule has 9 nitrogen and oxygen atoms in total. The van der Waals surface area contributed by atoms with E-state index in [1.54, 1.807) is 30.6 Å². The number of hydrogen-bond donors (Lipinski definition) is 1. The Hall–Kier alpha value is -3.88. The van der Waals surface area contributed by atoms with Gasteiger partial charge in [0, 0.05) is 19.5 Å². The highest BCUT2D eigenvalue weighted by Gasteiger charge is 2.44. The molecule has 0 unspecified atom stereocenters. The average molecular weight is 550 g/mol. The van der Waals surface area contributed by atoms with Gasteiger partial charge in [0.15, 0.2) is 0 Å². The van der Waals surface area contributed by atoms with E-state index in [1.165, 1.54) is 0 Å². The predicted molar refractivity (Wildman–Crippen MR) is 149 cm³/mol. The lowest BCUT2D eigenvalue weighted by atomic mass is 10.0. The van der Waals surface area contributed by atoms with Crippen molar-refractivity contribution in [3.63, 3.8) is 0 Å². The molecule has 2 fully saturated rings. The van der Waals surface area contributed by atoms with Crippen LogP contribution in [0.1, 0.15) is 57.6 Å². The molecule has 0 aromatic heterocycles. The van der Waals surface area contributed by atoms with E-state index >= 15 is 0 Å². The summed E-state index contributed by atoms with van der Waals surface area (Å²) in [5, 5.41) is 2.74. The minimum atomic E-state index is -0.907. The van der Waals surface area contributed by atoms with Gasteiger partial charge in [0.1, 0.15) is 30.3 Å². The van der Waals surface area contributed by atoms with Gasteiger partial charge in [0.05, 0.1) is 0 Å². The van der Waals surface area contributed by atoms with E-state index in [-0.39, 0.29) is 24.8 Å². The van der Waals surface area contributed by atoms with Crippen molar-refractivity contribution >= 4 is 23.9 Å². The molecule has 2 heterocycles. The number of likely N-dealkylation sites (tertiary alicyclic amines) is 2. The molecule has 9 heteroatoms. The zero-order valence-corrected chi connectivity index (χ0v) is 23.5. The number of carbonyl (C=O) groups excluding carboxylic acids is 4. The third-order valence-electron chi connectivity index (χ3n) is 7.12. The number of hydrogen-bond acceptors (Lipinski definition) is 6. The molecular formula is C31H39N3O6. The molecule has 1 N–H and O–H groups in total. The maximum atomic E-state index is 13.8. The van der Waals surface area contributed by atoms with Crippen molar-refractivity contribution in [1.82, 2.24) is 15.1 Å². The van der Waals surface area contributed by atoms with Gasteiger partial charge in [0.2, 0.25) is 11.8 Å². The van der Waals surface area contributed by atoms with Crippen LogP contribution in [0.2, 0.25) is 0 Å². The lowest BCUT2D eigenvalue weighted by molar-refractivity contribution is -0.156. The fourth-order valence-electron chi connectivity index (χ4n) is 5.28. The molecule has 4 rings (SSSR count). The first-order valence-electron chi connectivity index (χ1n) is 14.0. The van der Waals surface area contributed by atoms with Crippen LogP contribution in [0, 0.1) is 0 Å². The summed E-state index contributed by atoms with van der Waals surface area (Å²) in [4.78, 5) is 56.3. The van der Waals surface area contributed by atoms with Crippen LogP contribution < -0.4 is 5.32 Å². The molecule has 214 valence electrons. The first-order valence-corrected chi connectivity index (χ1v) is 14.0. The predicted octanol–water partition coefficient (Wildman–Crippen LogP) is 3.85. The van der Waals surface area contributed by atoms with Gasteiger partial charge < -0.3 is 24.6 Å². The summed E-state index contributed by atoms with van der Waals surface area (Å²) in [5.74, 6) is -1.02. The van der Waals surface area contributed by atoms with Crippen molar-refractivity contribution < 1.29 is 28.7 Å². The van der Waals surface area contributed by atoms with E-state index in [2.05, 4.69) is 5.32 Å². The van der Waals surface area contributed by atoms with Crippen LogP contribution in [-0.2, 0) is 36.9 Å². The van der Waals surface area contributed by atoms with Crippen molar-refractivity contribution in [3.8, 4) is 0 Å². The van der Waals surface area contributed by atoms with Crippen molar-refractivity contribution in [1.29, 1.82) is 0 Å². The number of alkyl carbamates (subject to hydrolysis) is 1. The Morgan fingerprint density at radius 2 is 1.43 bits per heavy atom. The normalized spacial score (nSPS) is 19.7. The van der Waals surface area contributed by atoms with Crippen molar-refractivity contribution in [2.24, 2.45) is 0 Å². The Balaban J connectivity index is 1.45. The average Bonchev–Trinajstić information content (AvgIpc) is 3.61. The lowest BCUT2D eigenvalue weighted by Gasteiger charge is -2.33. The quantitative estimate of drug-likeness (QED) is 0.502. The Morgan fingerprint density at radius 1 is 0.850 bits per heavy atom. The van der Waals surface area contributed by atoms with Crippen molar-refractivity contribution in [2.45, 2.75) is 83.2 Å². The molecule has 0 bridgehead atoms. The third kappa shape index (κ3) is 7.61. The first kappa shape index (κ1) is 29.1. The Morgan fingerprint density at radius 3 is 2.05 bits per heavy atom. The summed E-state index contributed by atoms with van der Waals surface area (Å²) in [6, 6.07) is 16.5. The fraction of sp³-hybridized carbons (Fsp3) is 0.484. The van der Waals surface area contributed by atoms with Gasteiger partial charge >= 0.3 is 12.1 Å². The van der Waals surface area contributed by atoms with Crippen LogP contribution in [0.4, 0.5) is 4.79 Å². The maximum absolute atomic E-state index is 13.8. The molecule has 2 saturated heterocycles. The fourth-order valence-corrected chi connectivity index (χ4v) is 5.28. The van der Waals surface area contributed by atoms with Crippen molar-refractivity contribution in [2.75, 3.05) is 13.1 Å². The molecule has 0 radical (unpaired) electrons. The van der Waals surface area contributed by atoms with Crippen LogP contribution >= 0.6 is 0 Å². The van der Waals surface area contributed by atoms with Crippen LogP contribution in [0.5, 0.6) is 0 Å². The molecular weight excluding hydrogens is 510 g/mol. The van der Waals surface area contributed by atoms with Crippen LogP contribution in [0.3, 0.4) is 0 Å². The molecule has 2 aliphatic rings. The van der Waals surface area contributed by atoms with Gasteiger partial charge in [0.25, 0.3) is 0 Å². The number of esters is 1. The molecule has 2 aromatic carbocycles. The summed E-state index contributed by atoms with van der Waals surface area (Å²) in [6.07, 6.45) is 1.94. The lowest BCUT2D eigenvalue weighted by Crippen LogP contribution is -2.56. The molecule has 2 aliphatic heterocycles. The van der Waals surface area contributed by atoms with E-state index in [9.17, 15) is 19.2 Å². The van der Waals surface area contributed by atoms with E-state index in [4.69, 9.17) is 9.47 Å². The van der Waals surface area contributed by atoms with Gasteiger partial charge in [-0.25, -0.2) is 9.59 Å². The number of nitrogens with one attached hydrogen (secondary N) is 1. The molecule has 40 heavy (non-hydrogen) atoms. The molecule has 0 aliphatic carbocycles. The minimum absolute atomic E-state index is 0.143. The molecule has 3 atom stereocenters. The topological polar surface area (TPSA) is 105 Å². The summed E-state index contributed by atoms with van der Waals surface area (Å²) >= 11 is 0. The van der Waals surface area contributed by atoms with Gasteiger partial charge in [-0.15, -0.1) is 0 Å². The highest BCUT2D eigenvalue weighted by molar-refractivity contribution is 5.94. The number of nitrogens with zero attached hydrogens (tertiary/aromatic N) is 2. The smallest absolute Gasteiger partial charge is 0.408 e. The third-order valence-corrected chi connectivity index (χ3v) is 7.12. The number of amides is 3. The standard InChI is InChI=1S/C31H39N3O6/c1-31(2,3)40-30(38)32-24(20-22-12-6-4-7-13-22)27(35)33-18-10-16-25(33)28(36)34-19-11-17-26(34)29(37)39-21-23-14-8-5-9-15-23/h4-9,12-15,24-26H,10-11,16-21H2,1-3H3,(H,32,38)/t24-,25-,26-/m0/s1. The second kappa shape index (κ2) is 13.0. The number of carbonyl (C=O) groups is 4. The van der Waals surface area contributed by atoms with Gasteiger partial charge in [-0.3, -0.25) is 9.59 Å². The van der Waals surface area contributed by atoms with Gasteiger partial charge in [-0.2, -0.15) is 0 Å². The Bertz CT molecular complexity index is 1180. The summed E-state index contributed by atoms with van der Waals surface area (Å²) in [7, 11) is 0. The number of ether oxygens (including phenoxy) is 2. The minimum Gasteiger partial charge on any atom is -0.459 e. The number of benzene rings is 2. The molecule has 0 saturated carbocycles. The summed E-state index contributed by atoms with van der Waals surface area (Å²) in [6.45, 7) is 6.25. The van der Waals surface area contributed by atoms with E-state index in [0.29, 0.717) is 38.8 Å². The molecule has 0 spiro atoms. The Labute approximate surface area is 235 Å². The van der Waals surface area contributed by atoms with E-state index in [1.807, 2.05) is 60.7 Å². The van der Waals surface area contributed by atoms with Crippen molar-refractivity contribution in [3.05, 3.63) is 71.8 Å². The van der Waals surface area contributed by atoms with Crippen LogP contribution in [0.15, 0.2) is 60.7 Å². The summed E-state index contributed by atoms with van der Waals surface area (Å²) in [5.41, 5.74) is 1.03. The van der Waals surface area contributed by atoms with Gasteiger partial charge in [-0.05, 0) is 57.6 Å². The molecule has 3 amide bonds. The maximum Gasteiger partial charge on any atom is 0.408 e. The largest absolute Gasteiger partial charge is 0.459 e. The second-order valence-electron chi connectivity index (χ2n) is 11.4.